The predicted octanol–water partition coefficient (Wildman–Crippen LogP) is 3.93. The van der Waals surface area contributed by atoms with Crippen LogP contribution in [0.15, 0.2) is 48.5 Å². The lowest BCUT2D eigenvalue weighted by Gasteiger charge is -2.05. The molecular formula is C19H19N3OS. The summed E-state index contributed by atoms with van der Waals surface area (Å²) in [5.41, 5.74) is 4.61. The van der Waals surface area contributed by atoms with Gasteiger partial charge in [0.2, 0.25) is 11.0 Å². The van der Waals surface area contributed by atoms with E-state index in [1.54, 1.807) is 0 Å². The van der Waals surface area contributed by atoms with Gasteiger partial charge in [0.05, 0.1) is 6.42 Å². The minimum Gasteiger partial charge on any atom is -0.300 e. The fourth-order valence-electron chi connectivity index (χ4n) is 2.41. The van der Waals surface area contributed by atoms with Crippen LogP contribution in [0, 0.1) is 13.8 Å². The molecule has 1 N–H and O–H groups in total. The molecule has 0 aliphatic carbocycles. The summed E-state index contributed by atoms with van der Waals surface area (Å²) in [6.07, 6.45) is 1.07. The van der Waals surface area contributed by atoms with Gasteiger partial charge in [0.15, 0.2) is 0 Å². The molecule has 0 aliphatic rings. The Morgan fingerprint density at radius 2 is 1.79 bits per heavy atom. The number of aromatic nitrogens is 2. The Balaban J connectivity index is 1.59. The third kappa shape index (κ3) is 4.26. The molecule has 4 nitrogen and oxygen atoms in total. The molecule has 1 amide bonds. The number of hydrogen-bond acceptors (Lipinski definition) is 4. The minimum absolute atomic E-state index is 0.0688. The molecule has 3 rings (SSSR count). The number of nitrogens with one attached hydrogen (secondary N) is 1. The number of anilines is 1. The molecule has 1 heterocycles. The maximum atomic E-state index is 12.2. The SMILES string of the molecule is Cc1ccc(CC(=O)Nc2nnc(Cc3ccccc3)s2)cc1C. The maximum absolute atomic E-state index is 12.2. The average molecular weight is 337 g/mol. The fourth-order valence-corrected chi connectivity index (χ4v) is 3.20. The molecule has 2 aromatic carbocycles. The van der Waals surface area contributed by atoms with Crippen molar-refractivity contribution in [2.24, 2.45) is 0 Å². The highest BCUT2D eigenvalue weighted by atomic mass is 32.1. The van der Waals surface area contributed by atoms with Crippen molar-refractivity contribution in [3.05, 3.63) is 75.8 Å². The van der Waals surface area contributed by atoms with Gasteiger partial charge in [-0.25, -0.2) is 0 Å². The predicted molar refractivity (Wildman–Crippen MR) is 97.4 cm³/mol. The normalized spacial score (nSPS) is 10.6. The van der Waals surface area contributed by atoms with Gasteiger partial charge in [0, 0.05) is 6.42 Å². The largest absolute Gasteiger partial charge is 0.300 e. The lowest BCUT2D eigenvalue weighted by Crippen LogP contribution is -2.14. The number of carbonyl (C=O) groups excluding carboxylic acids is 1. The molecule has 1 aromatic heterocycles. The van der Waals surface area contributed by atoms with Crippen molar-refractivity contribution >= 4 is 22.4 Å². The van der Waals surface area contributed by atoms with Crippen molar-refractivity contribution in [3.8, 4) is 0 Å². The van der Waals surface area contributed by atoms with Gasteiger partial charge in [0.1, 0.15) is 5.01 Å². The molecule has 0 fully saturated rings. The Labute approximate surface area is 145 Å². The van der Waals surface area contributed by atoms with E-state index in [9.17, 15) is 4.79 Å². The first-order valence-electron chi connectivity index (χ1n) is 7.82. The van der Waals surface area contributed by atoms with Crippen molar-refractivity contribution < 1.29 is 4.79 Å². The van der Waals surface area contributed by atoms with Gasteiger partial charge < -0.3 is 5.32 Å². The summed E-state index contributed by atoms with van der Waals surface area (Å²) in [6.45, 7) is 4.12. The summed E-state index contributed by atoms with van der Waals surface area (Å²) in [7, 11) is 0. The average Bonchev–Trinajstić information content (AvgIpc) is 2.99. The molecule has 122 valence electrons. The van der Waals surface area contributed by atoms with Crippen molar-refractivity contribution in [2.75, 3.05) is 5.32 Å². The summed E-state index contributed by atoms with van der Waals surface area (Å²) < 4.78 is 0. The number of nitrogens with zero attached hydrogens (tertiary/aromatic N) is 2. The summed E-state index contributed by atoms with van der Waals surface area (Å²) in [6, 6.07) is 16.2. The lowest BCUT2D eigenvalue weighted by molar-refractivity contribution is -0.115. The van der Waals surface area contributed by atoms with Gasteiger partial charge in [-0.05, 0) is 36.1 Å². The number of aryl methyl sites for hydroxylation is 2. The zero-order valence-corrected chi connectivity index (χ0v) is 14.6. The molecule has 0 aliphatic heterocycles. The Bertz CT molecular complexity index is 843. The zero-order chi connectivity index (χ0) is 16.9. The van der Waals surface area contributed by atoms with Crippen LogP contribution in [0.25, 0.3) is 0 Å². The van der Waals surface area contributed by atoms with E-state index in [2.05, 4.69) is 47.6 Å². The summed E-state index contributed by atoms with van der Waals surface area (Å²) in [5, 5.41) is 12.5. The highest BCUT2D eigenvalue weighted by Crippen LogP contribution is 2.19. The molecule has 0 saturated carbocycles. The van der Waals surface area contributed by atoms with Gasteiger partial charge in [-0.15, -0.1) is 10.2 Å². The van der Waals surface area contributed by atoms with Crippen LogP contribution < -0.4 is 5.32 Å². The first-order chi connectivity index (χ1) is 11.6. The first kappa shape index (κ1) is 16.3. The first-order valence-corrected chi connectivity index (χ1v) is 8.64. The van der Waals surface area contributed by atoms with E-state index in [1.807, 2.05) is 30.3 Å². The second kappa shape index (κ2) is 7.36. The monoisotopic (exact) mass is 337 g/mol. The van der Waals surface area contributed by atoms with Crippen molar-refractivity contribution in [3.63, 3.8) is 0 Å². The second-order valence-electron chi connectivity index (χ2n) is 5.81. The topological polar surface area (TPSA) is 54.9 Å². The van der Waals surface area contributed by atoms with Crippen molar-refractivity contribution in [1.82, 2.24) is 10.2 Å². The Hall–Kier alpha value is -2.53. The molecule has 0 spiro atoms. The third-order valence-electron chi connectivity index (χ3n) is 3.85. The summed E-state index contributed by atoms with van der Waals surface area (Å²) in [4.78, 5) is 12.2. The molecule has 3 aromatic rings. The fraction of sp³-hybridized carbons (Fsp3) is 0.211. The van der Waals surface area contributed by atoms with E-state index in [0.717, 1.165) is 17.0 Å². The van der Waals surface area contributed by atoms with Crippen molar-refractivity contribution in [1.29, 1.82) is 0 Å². The molecule has 5 heteroatoms. The van der Waals surface area contributed by atoms with Crippen molar-refractivity contribution in [2.45, 2.75) is 26.7 Å². The quantitative estimate of drug-likeness (QED) is 0.767. The molecule has 0 unspecified atom stereocenters. The Kier molecular flexibility index (Phi) is 5.01. The smallest absolute Gasteiger partial charge is 0.230 e. The molecule has 0 bridgehead atoms. The zero-order valence-electron chi connectivity index (χ0n) is 13.7. The summed E-state index contributed by atoms with van der Waals surface area (Å²) >= 11 is 1.42. The van der Waals surface area contributed by atoms with E-state index in [-0.39, 0.29) is 5.91 Å². The number of hydrogen-bond donors (Lipinski definition) is 1. The van der Waals surface area contributed by atoms with Crippen LogP contribution >= 0.6 is 11.3 Å². The summed E-state index contributed by atoms with van der Waals surface area (Å²) in [5.74, 6) is -0.0688. The highest BCUT2D eigenvalue weighted by molar-refractivity contribution is 7.15. The number of rotatable bonds is 5. The molecular weight excluding hydrogens is 318 g/mol. The Morgan fingerprint density at radius 1 is 1.00 bits per heavy atom. The Morgan fingerprint density at radius 3 is 2.54 bits per heavy atom. The van der Waals surface area contributed by atoms with E-state index in [0.29, 0.717) is 11.6 Å². The third-order valence-corrected chi connectivity index (χ3v) is 4.69. The van der Waals surface area contributed by atoms with Gasteiger partial charge in [-0.1, -0.05) is 59.9 Å². The van der Waals surface area contributed by atoms with Gasteiger partial charge >= 0.3 is 0 Å². The molecule has 0 saturated heterocycles. The van der Waals surface area contributed by atoms with E-state index >= 15 is 0 Å². The van der Waals surface area contributed by atoms with Crippen LogP contribution in [0.4, 0.5) is 5.13 Å². The number of carbonyl (C=O) groups is 1. The highest BCUT2D eigenvalue weighted by Gasteiger charge is 2.10. The van der Waals surface area contributed by atoms with Gasteiger partial charge in [-0.2, -0.15) is 0 Å². The standard InChI is InChI=1S/C19H19N3OS/c1-13-8-9-16(10-14(13)2)11-17(23)20-19-22-21-18(24-19)12-15-6-4-3-5-7-15/h3-10H,11-12H2,1-2H3,(H,20,22,23). The van der Waals surface area contributed by atoms with Gasteiger partial charge in [-0.3, -0.25) is 4.79 Å². The lowest BCUT2D eigenvalue weighted by atomic mass is 10.0. The number of benzene rings is 2. The van der Waals surface area contributed by atoms with E-state index < -0.39 is 0 Å². The molecule has 24 heavy (non-hydrogen) atoms. The van der Waals surface area contributed by atoms with Crippen LogP contribution in [-0.4, -0.2) is 16.1 Å². The number of amides is 1. The van der Waals surface area contributed by atoms with E-state index in [4.69, 9.17) is 0 Å². The second-order valence-corrected chi connectivity index (χ2v) is 6.87. The van der Waals surface area contributed by atoms with Gasteiger partial charge in [0.25, 0.3) is 0 Å². The van der Waals surface area contributed by atoms with Crippen LogP contribution in [0.5, 0.6) is 0 Å². The van der Waals surface area contributed by atoms with Crippen LogP contribution in [0.3, 0.4) is 0 Å². The van der Waals surface area contributed by atoms with E-state index in [1.165, 1.54) is 28.0 Å². The molecule has 0 radical (unpaired) electrons. The van der Waals surface area contributed by atoms with Crippen LogP contribution in [-0.2, 0) is 17.6 Å². The van der Waals surface area contributed by atoms with Crippen LogP contribution in [0.2, 0.25) is 0 Å². The molecule has 0 atom stereocenters. The van der Waals surface area contributed by atoms with Crippen LogP contribution in [0.1, 0.15) is 27.3 Å². The minimum atomic E-state index is -0.0688. The maximum Gasteiger partial charge on any atom is 0.230 e.